The first kappa shape index (κ1) is 14.1. The van der Waals surface area contributed by atoms with Crippen LogP contribution in [0.1, 0.15) is 26.2 Å². The van der Waals surface area contributed by atoms with Crippen molar-refractivity contribution in [3.05, 3.63) is 0 Å². The van der Waals surface area contributed by atoms with Crippen molar-refractivity contribution in [3.63, 3.8) is 0 Å². The van der Waals surface area contributed by atoms with Gasteiger partial charge in [0.2, 0.25) is 5.91 Å². The Morgan fingerprint density at radius 1 is 1.60 bits per heavy atom. The van der Waals surface area contributed by atoms with Crippen molar-refractivity contribution in [1.82, 2.24) is 4.90 Å². The molecule has 5 nitrogen and oxygen atoms in total. The quantitative estimate of drug-likeness (QED) is 0.439. The summed E-state index contributed by atoms with van der Waals surface area (Å²) in [4.78, 5) is 23.3. The number of carbonyl (C=O) groups is 2. The first-order chi connectivity index (χ1) is 7.17. The predicted octanol–water partition coefficient (Wildman–Crippen LogP) is 0.135. The highest BCUT2D eigenvalue weighted by atomic mass is 16.5. The van der Waals surface area contributed by atoms with Crippen LogP contribution in [0.5, 0.6) is 0 Å². The molecule has 0 aliphatic carbocycles. The molecule has 0 aromatic rings. The van der Waals surface area contributed by atoms with E-state index in [1.165, 1.54) is 0 Å². The predicted molar refractivity (Wildman–Crippen MR) is 57.2 cm³/mol. The number of hydrogen-bond acceptors (Lipinski definition) is 4. The summed E-state index contributed by atoms with van der Waals surface area (Å²) in [7, 11) is 1.57. The van der Waals surface area contributed by atoms with Crippen LogP contribution in [0.3, 0.4) is 0 Å². The van der Waals surface area contributed by atoms with Gasteiger partial charge in [-0.15, -0.1) is 0 Å². The van der Waals surface area contributed by atoms with Crippen LogP contribution in [-0.4, -0.2) is 43.5 Å². The zero-order chi connectivity index (χ0) is 11.7. The largest absolute Gasteiger partial charge is 0.369 e. The van der Waals surface area contributed by atoms with Gasteiger partial charge in [-0.3, -0.25) is 9.69 Å². The third-order valence-corrected chi connectivity index (χ3v) is 2.13. The van der Waals surface area contributed by atoms with E-state index in [-0.39, 0.29) is 0 Å². The summed E-state index contributed by atoms with van der Waals surface area (Å²) in [5, 5.41) is 0. The smallest absolute Gasteiger partial charge is 0.234 e. The lowest BCUT2D eigenvalue weighted by Crippen LogP contribution is -2.46. The van der Waals surface area contributed by atoms with Crippen LogP contribution in [0.2, 0.25) is 0 Å². The molecule has 0 spiro atoms. The Hall–Kier alpha value is -0.940. The van der Waals surface area contributed by atoms with E-state index in [0.29, 0.717) is 19.6 Å². The molecule has 0 bridgehead atoms. The molecule has 1 amide bonds. The average Bonchev–Trinajstić information content (AvgIpc) is 2.18. The summed E-state index contributed by atoms with van der Waals surface area (Å²) in [6.07, 6.45) is 2.51. The van der Waals surface area contributed by atoms with Crippen molar-refractivity contribution in [3.8, 4) is 0 Å². The van der Waals surface area contributed by atoms with Crippen LogP contribution in [0.25, 0.3) is 0 Å². The van der Waals surface area contributed by atoms with Gasteiger partial charge < -0.3 is 15.3 Å². The molecule has 0 aromatic carbocycles. The highest BCUT2D eigenvalue weighted by molar-refractivity contribution is 5.80. The van der Waals surface area contributed by atoms with E-state index in [1.54, 1.807) is 7.11 Å². The number of methoxy groups -OCH3 is 1. The monoisotopic (exact) mass is 216 g/mol. The molecule has 0 saturated carbocycles. The van der Waals surface area contributed by atoms with E-state index < -0.39 is 11.9 Å². The first-order valence-corrected chi connectivity index (χ1v) is 5.13. The second-order valence-corrected chi connectivity index (χ2v) is 3.39. The SMILES string of the molecule is CCCN(COC)C(CCC=O)C(N)=O. The summed E-state index contributed by atoms with van der Waals surface area (Å²) < 4.78 is 5.00. The van der Waals surface area contributed by atoms with Crippen molar-refractivity contribution >= 4 is 12.2 Å². The van der Waals surface area contributed by atoms with E-state index in [9.17, 15) is 9.59 Å². The van der Waals surface area contributed by atoms with Crippen molar-refractivity contribution in [2.24, 2.45) is 5.73 Å². The molecular formula is C10H20N2O3. The van der Waals surface area contributed by atoms with E-state index in [4.69, 9.17) is 10.5 Å². The van der Waals surface area contributed by atoms with Gasteiger partial charge in [-0.1, -0.05) is 6.92 Å². The maximum Gasteiger partial charge on any atom is 0.234 e. The topological polar surface area (TPSA) is 72.6 Å². The van der Waals surface area contributed by atoms with Crippen molar-refractivity contribution in [2.75, 3.05) is 20.4 Å². The molecule has 15 heavy (non-hydrogen) atoms. The second kappa shape index (κ2) is 8.38. The van der Waals surface area contributed by atoms with Gasteiger partial charge in [0.15, 0.2) is 0 Å². The molecule has 0 fully saturated rings. The van der Waals surface area contributed by atoms with Crippen molar-refractivity contribution in [2.45, 2.75) is 32.2 Å². The van der Waals surface area contributed by atoms with Crippen molar-refractivity contribution in [1.29, 1.82) is 0 Å². The fraction of sp³-hybridized carbons (Fsp3) is 0.800. The number of nitrogens with zero attached hydrogens (tertiary/aromatic N) is 1. The van der Waals surface area contributed by atoms with Gasteiger partial charge in [0.05, 0.1) is 12.8 Å². The van der Waals surface area contributed by atoms with E-state index >= 15 is 0 Å². The number of primary amides is 1. The highest BCUT2D eigenvalue weighted by Crippen LogP contribution is 2.07. The van der Waals surface area contributed by atoms with E-state index in [0.717, 1.165) is 19.3 Å². The minimum absolute atomic E-state index is 0.345. The Labute approximate surface area is 90.6 Å². The highest BCUT2D eigenvalue weighted by Gasteiger charge is 2.22. The summed E-state index contributed by atoms with van der Waals surface area (Å²) in [6.45, 7) is 3.11. The second-order valence-electron chi connectivity index (χ2n) is 3.39. The Balaban J connectivity index is 4.36. The van der Waals surface area contributed by atoms with Crippen LogP contribution in [0, 0.1) is 0 Å². The molecule has 0 radical (unpaired) electrons. The lowest BCUT2D eigenvalue weighted by Gasteiger charge is -2.27. The minimum Gasteiger partial charge on any atom is -0.369 e. The molecule has 0 heterocycles. The summed E-state index contributed by atoms with van der Waals surface area (Å²) >= 11 is 0. The number of ether oxygens (including phenoxy) is 1. The first-order valence-electron chi connectivity index (χ1n) is 5.13. The van der Waals surface area contributed by atoms with Crippen LogP contribution >= 0.6 is 0 Å². The van der Waals surface area contributed by atoms with Crippen LogP contribution in [-0.2, 0) is 14.3 Å². The fourth-order valence-corrected chi connectivity index (χ4v) is 1.49. The van der Waals surface area contributed by atoms with Crippen LogP contribution < -0.4 is 5.73 Å². The molecule has 0 saturated heterocycles. The van der Waals surface area contributed by atoms with Gasteiger partial charge in [0.25, 0.3) is 0 Å². The van der Waals surface area contributed by atoms with Crippen molar-refractivity contribution < 1.29 is 14.3 Å². The Bertz CT molecular complexity index is 191. The summed E-state index contributed by atoms with van der Waals surface area (Å²) in [6, 6.07) is -0.407. The Morgan fingerprint density at radius 2 is 2.27 bits per heavy atom. The van der Waals surface area contributed by atoms with E-state index in [1.807, 2.05) is 11.8 Å². The number of nitrogens with two attached hydrogens (primary N) is 1. The molecule has 2 N–H and O–H groups in total. The molecule has 1 atom stereocenters. The van der Waals surface area contributed by atoms with Crippen LogP contribution in [0.4, 0.5) is 0 Å². The van der Waals surface area contributed by atoms with Gasteiger partial charge in [-0.2, -0.15) is 0 Å². The summed E-state index contributed by atoms with van der Waals surface area (Å²) in [5.74, 6) is -0.401. The molecule has 5 heteroatoms. The van der Waals surface area contributed by atoms with E-state index in [2.05, 4.69) is 0 Å². The van der Waals surface area contributed by atoms with Gasteiger partial charge in [-0.05, 0) is 12.8 Å². The average molecular weight is 216 g/mol. The number of carbonyl (C=O) groups excluding carboxylic acids is 2. The number of hydrogen-bond donors (Lipinski definition) is 1. The maximum atomic E-state index is 11.2. The molecular weight excluding hydrogens is 196 g/mol. The lowest BCUT2D eigenvalue weighted by molar-refractivity contribution is -0.125. The summed E-state index contributed by atoms with van der Waals surface area (Å²) in [5.41, 5.74) is 5.29. The number of amides is 1. The van der Waals surface area contributed by atoms with Gasteiger partial charge in [0, 0.05) is 20.1 Å². The molecule has 0 aliphatic rings. The molecule has 0 aromatic heterocycles. The third kappa shape index (κ3) is 5.49. The number of aldehydes is 1. The zero-order valence-electron chi connectivity index (χ0n) is 9.44. The molecule has 0 rings (SSSR count). The Morgan fingerprint density at radius 3 is 2.67 bits per heavy atom. The van der Waals surface area contributed by atoms with Gasteiger partial charge in [-0.25, -0.2) is 0 Å². The zero-order valence-corrected chi connectivity index (χ0v) is 9.44. The van der Waals surface area contributed by atoms with Gasteiger partial charge in [0.1, 0.15) is 6.29 Å². The lowest BCUT2D eigenvalue weighted by atomic mass is 10.1. The maximum absolute atomic E-state index is 11.2. The molecule has 1 unspecified atom stereocenters. The number of rotatable bonds is 9. The van der Waals surface area contributed by atoms with Gasteiger partial charge >= 0.3 is 0 Å². The Kier molecular flexibility index (Phi) is 7.85. The standard InChI is InChI=1S/C10H20N2O3/c1-3-6-12(8-15-2)9(10(11)14)5-4-7-13/h7,9H,3-6,8H2,1-2H3,(H2,11,14). The fourth-order valence-electron chi connectivity index (χ4n) is 1.49. The molecule has 88 valence electrons. The van der Waals surface area contributed by atoms with Crippen LogP contribution in [0.15, 0.2) is 0 Å². The molecule has 0 aliphatic heterocycles. The third-order valence-electron chi connectivity index (χ3n) is 2.13. The normalized spacial score (nSPS) is 12.7. The minimum atomic E-state index is -0.407.